The van der Waals surface area contributed by atoms with E-state index in [2.05, 4.69) is 0 Å². The maximum Gasteiger partial charge on any atom is 0.416 e. The average molecular weight is 242 g/mol. The topological polar surface area (TPSA) is 70.1 Å². The van der Waals surface area contributed by atoms with E-state index in [4.69, 9.17) is 9.84 Å². The summed E-state index contributed by atoms with van der Waals surface area (Å²) in [5.41, 5.74) is 0. The SMILES string of the molecule is O=C(CN1CCC(CO)CC1)N1CCOC1=O. The number of aliphatic hydroxyl groups is 1. The van der Waals surface area contributed by atoms with Crippen molar-refractivity contribution in [3.05, 3.63) is 0 Å². The van der Waals surface area contributed by atoms with Crippen LogP contribution in [0.2, 0.25) is 0 Å². The number of ether oxygens (including phenoxy) is 1. The van der Waals surface area contributed by atoms with Gasteiger partial charge in [0.25, 0.3) is 0 Å². The van der Waals surface area contributed by atoms with Crippen molar-refractivity contribution in [2.24, 2.45) is 5.92 Å². The highest BCUT2D eigenvalue weighted by Gasteiger charge is 2.30. The number of piperidine rings is 1. The molecule has 2 fully saturated rings. The van der Waals surface area contributed by atoms with Crippen molar-refractivity contribution in [2.75, 3.05) is 39.4 Å². The largest absolute Gasteiger partial charge is 0.447 e. The molecule has 96 valence electrons. The molecule has 0 aromatic carbocycles. The Morgan fingerprint density at radius 2 is 2.06 bits per heavy atom. The Morgan fingerprint density at radius 1 is 1.35 bits per heavy atom. The van der Waals surface area contributed by atoms with Gasteiger partial charge in [-0.3, -0.25) is 9.69 Å². The van der Waals surface area contributed by atoms with Crippen LogP contribution in [0.1, 0.15) is 12.8 Å². The van der Waals surface area contributed by atoms with Gasteiger partial charge in [0.1, 0.15) is 6.61 Å². The molecular formula is C11H18N2O4. The summed E-state index contributed by atoms with van der Waals surface area (Å²) in [5.74, 6) is 0.174. The van der Waals surface area contributed by atoms with Crippen molar-refractivity contribution in [2.45, 2.75) is 12.8 Å². The van der Waals surface area contributed by atoms with Crippen molar-refractivity contribution >= 4 is 12.0 Å². The van der Waals surface area contributed by atoms with Crippen LogP contribution in [-0.2, 0) is 9.53 Å². The minimum Gasteiger partial charge on any atom is -0.447 e. The quantitative estimate of drug-likeness (QED) is 0.734. The molecule has 1 N–H and O–H groups in total. The first-order valence-electron chi connectivity index (χ1n) is 6.01. The van der Waals surface area contributed by atoms with Crippen LogP contribution in [0.25, 0.3) is 0 Å². The zero-order valence-electron chi connectivity index (χ0n) is 9.80. The van der Waals surface area contributed by atoms with Crippen LogP contribution in [0.5, 0.6) is 0 Å². The summed E-state index contributed by atoms with van der Waals surface area (Å²) >= 11 is 0. The Bertz CT molecular complexity index is 300. The Hall–Kier alpha value is -1.14. The van der Waals surface area contributed by atoms with Crippen LogP contribution >= 0.6 is 0 Å². The summed E-state index contributed by atoms with van der Waals surface area (Å²) in [4.78, 5) is 26.2. The van der Waals surface area contributed by atoms with Gasteiger partial charge in [0.05, 0.1) is 13.1 Å². The second-order valence-corrected chi connectivity index (χ2v) is 4.56. The molecule has 0 bridgehead atoms. The molecule has 0 aromatic rings. The molecule has 2 aliphatic heterocycles. The molecule has 0 atom stereocenters. The smallest absolute Gasteiger partial charge is 0.416 e. The van der Waals surface area contributed by atoms with Gasteiger partial charge >= 0.3 is 6.09 Å². The van der Waals surface area contributed by atoms with E-state index in [1.54, 1.807) is 0 Å². The third-order valence-corrected chi connectivity index (χ3v) is 3.39. The van der Waals surface area contributed by atoms with Gasteiger partial charge < -0.3 is 9.84 Å². The van der Waals surface area contributed by atoms with Crippen molar-refractivity contribution in [1.82, 2.24) is 9.80 Å². The molecule has 0 aliphatic carbocycles. The average Bonchev–Trinajstić information content (AvgIpc) is 2.76. The van der Waals surface area contributed by atoms with E-state index in [1.165, 1.54) is 0 Å². The molecule has 17 heavy (non-hydrogen) atoms. The van der Waals surface area contributed by atoms with Crippen LogP contribution in [-0.4, -0.2) is 66.3 Å². The lowest BCUT2D eigenvalue weighted by molar-refractivity contribution is -0.129. The number of carbonyl (C=O) groups excluding carboxylic acids is 2. The Morgan fingerprint density at radius 3 is 2.59 bits per heavy atom. The summed E-state index contributed by atoms with van der Waals surface area (Å²) < 4.78 is 4.72. The highest BCUT2D eigenvalue weighted by Crippen LogP contribution is 2.16. The molecule has 0 unspecified atom stereocenters. The molecule has 6 heteroatoms. The molecule has 2 heterocycles. The first kappa shape index (κ1) is 12.3. The lowest BCUT2D eigenvalue weighted by atomic mass is 9.98. The zero-order chi connectivity index (χ0) is 12.3. The van der Waals surface area contributed by atoms with Gasteiger partial charge in [0, 0.05) is 6.61 Å². The van der Waals surface area contributed by atoms with Gasteiger partial charge in [0.2, 0.25) is 5.91 Å². The van der Waals surface area contributed by atoms with Gasteiger partial charge in [-0.25, -0.2) is 9.69 Å². The minimum atomic E-state index is -0.528. The Labute approximate surface area is 100 Å². The number of hydrogen-bond acceptors (Lipinski definition) is 5. The van der Waals surface area contributed by atoms with Crippen LogP contribution in [0.15, 0.2) is 0 Å². The van der Waals surface area contributed by atoms with Crippen molar-refractivity contribution in [3.8, 4) is 0 Å². The van der Waals surface area contributed by atoms with Crippen LogP contribution in [0, 0.1) is 5.92 Å². The number of nitrogens with zero attached hydrogens (tertiary/aromatic N) is 2. The maximum absolute atomic E-state index is 11.8. The highest BCUT2D eigenvalue weighted by molar-refractivity contribution is 5.94. The highest BCUT2D eigenvalue weighted by atomic mass is 16.6. The second-order valence-electron chi connectivity index (χ2n) is 4.56. The Kier molecular flexibility index (Phi) is 3.96. The first-order valence-corrected chi connectivity index (χ1v) is 6.01. The molecular weight excluding hydrogens is 224 g/mol. The fourth-order valence-electron chi connectivity index (χ4n) is 2.22. The third kappa shape index (κ3) is 2.95. The summed E-state index contributed by atoms with van der Waals surface area (Å²) in [6.45, 7) is 2.77. The molecule has 6 nitrogen and oxygen atoms in total. The van der Waals surface area contributed by atoms with Gasteiger partial charge in [-0.15, -0.1) is 0 Å². The van der Waals surface area contributed by atoms with Crippen LogP contribution < -0.4 is 0 Å². The predicted octanol–water partition coefficient (Wildman–Crippen LogP) is -0.330. The third-order valence-electron chi connectivity index (χ3n) is 3.39. The molecule has 0 saturated carbocycles. The number of likely N-dealkylation sites (tertiary alicyclic amines) is 1. The number of rotatable bonds is 3. The number of hydrogen-bond donors (Lipinski definition) is 1. The van der Waals surface area contributed by atoms with Crippen molar-refractivity contribution in [1.29, 1.82) is 0 Å². The van der Waals surface area contributed by atoms with Crippen LogP contribution in [0.3, 0.4) is 0 Å². The maximum atomic E-state index is 11.8. The first-order chi connectivity index (χ1) is 8.20. The summed E-state index contributed by atoms with van der Waals surface area (Å²) in [5, 5.41) is 9.01. The number of cyclic esters (lactones) is 1. The fraction of sp³-hybridized carbons (Fsp3) is 0.818. The molecule has 2 rings (SSSR count). The van der Waals surface area contributed by atoms with Gasteiger partial charge in [-0.2, -0.15) is 0 Å². The normalized spacial score (nSPS) is 22.9. The fourth-order valence-corrected chi connectivity index (χ4v) is 2.22. The van der Waals surface area contributed by atoms with Crippen molar-refractivity contribution in [3.63, 3.8) is 0 Å². The van der Waals surface area contributed by atoms with Crippen molar-refractivity contribution < 1.29 is 19.4 Å². The number of imide groups is 1. The van der Waals surface area contributed by atoms with E-state index in [9.17, 15) is 9.59 Å². The lowest BCUT2D eigenvalue weighted by Crippen LogP contribution is -2.44. The summed E-state index contributed by atoms with van der Waals surface area (Å²) in [6.07, 6.45) is 1.29. The molecule has 0 aromatic heterocycles. The molecule has 2 amide bonds. The lowest BCUT2D eigenvalue weighted by Gasteiger charge is -2.30. The van der Waals surface area contributed by atoms with E-state index < -0.39 is 6.09 Å². The Balaban J connectivity index is 1.78. The summed E-state index contributed by atoms with van der Waals surface area (Å²) in [6, 6.07) is 0. The number of amides is 2. The zero-order valence-corrected chi connectivity index (χ0v) is 9.80. The second kappa shape index (κ2) is 5.46. The minimum absolute atomic E-state index is 0.185. The molecule has 2 saturated heterocycles. The van der Waals surface area contributed by atoms with E-state index >= 15 is 0 Å². The standard InChI is InChI=1S/C11H18N2O4/c14-8-9-1-3-12(4-2-9)7-10(15)13-5-6-17-11(13)16/h9,14H,1-8H2. The predicted molar refractivity (Wildman–Crippen MR) is 59.3 cm³/mol. The van der Waals surface area contributed by atoms with E-state index in [1.807, 2.05) is 4.90 Å². The number of carbonyl (C=O) groups is 2. The van der Waals surface area contributed by atoms with Gasteiger partial charge in [-0.1, -0.05) is 0 Å². The molecule has 2 aliphatic rings. The summed E-state index contributed by atoms with van der Waals surface area (Å²) in [7, 11) is 0. The number of aliphatic hydroxyl groups excluding tert-OH is 1. The van der Waals surface area contributed by atoms with Crippen LogP contribution in [0.4, 0.5) is 4.79 Å². The monoisotopic (exact) mass is 242 g/mol. The van der Waals surface area contributed by atoms with E-state index in [0.717, 1.165) is 30.8 Å². The van der Waals surface area contributed by atoms with E-state index in [-0.39, 0.29) is 19.1 Å². The van der Waals surface area contributed by atoms with Gasteiger partial charge in [-0.05, 0) is 31.8 Å². The van der Waals surface area contributed by atoms with E-state index in [0.29, 0.717) is 19.1 Å². The van der Waals surface area contributed by atoms with Gasteiger partial charge in [0.15, 0.2) is 0 Å². The molecule has 0 radical (unpaired) electrons. The molecule has 0 spiro atoms.